The molecule has 0 radical (unpaired) electrons. The van der Waals surface area contributed by atoms with Crippen molar-refractivity contribution in [2.24, 2.45) is 0 Å². The zero-order valence-corrected chi connectivity index (χ0v) is 25.3. The molecule has 50 heavy (non-hydrogen) atoms. The molecule has 0 aromatic heterocycles. The molecule has 0 saturated heterocycles. The van der Waals surface area contributed by atoms with Crippen LogP contribution in [-0.2, 0) is 18.9 Å². The maximum absolute atomic E-state index is 11.7. The Morgan fingerprint density at radius 3 is 0.760 bits per heavy atom. The van der Waals surface area contributed by atoms with Gasteiger partial charge in [0.1, 0.15) is 49.4 Å². The molecular formula is C32H28O18. The van der Waals surface area contributed by atoms with Gasteiger partial charge >= 0.3 is 23.9 Å². The molecule has 4 aromatic carbocycles. The number of carbonyl (C=O) groups is 4. The van der Waals surface area contributed by atoms with E-state index in [9.17, 15) is 70.2 Å². The summed E-state index contributed by atoms with van der Waals surface area (Å²) in [5.74, 6) is -9.12. The summed E-state index contributed by atoms with van der Waals surface area (Å²) in [5, 5.41) is 92.8. The van der Waals surface area contributed by atoms with Crippen LogP contribution in [-0.4, -0.2) is 101 Å². The number of phenols is 10. The van der Waals surface area contributed by atoms with Crippen LogP contribution in [0.15, 0.2) is 60.7 Å². The Balaban J connectivity index is 0.000000271. The first-order chi connectivity index (χ1) is 23.5. The SMILES string of the molecule is O=C(OCCOC(=O)c1cc(O)c(O)c(O)c1)c1cc(O)c(O)c(O)c1.O=C(OCCOC(=O)c1cc(O)cc(O)c1)c1cc(O)cc(O)c1. The number of hydrogen-bond donors (Lipinski definition) is 10. The molecule has 0 saturated carbocycles. The molecule has 4 aromatic rings. The van der Waals surface area contributed by atoms with Crippen molar-refractivity contribution < 1.29 is 89.2 Å². The van der Waals surface area contributed by atoms with E-state index in [1.807, 2.05) is 0 Å². The van der Waals surface area contributed by atoms with Gasteiger partial charge in [0.25, 0.3) is 0 Å². The third kappa shape index (κ3) is 10.4. The van der Waals surface area contributed by atoms with E-state index in [0.717, 1.165) is 60.7 Å². The predicted molar refractivity (Wildman–Crippen MR) is 164 cm³/mol. The van der Waals surface area contributed by atoms with Crippen molar-refractivity contribution in [3.63, 3.8) is 0 Å². The van der Waals surface area contributed by atoms with Crippen molar-refractivity contribution in [1.82, 2.24) is 0 Å². The van der Waals surface area contributed by atoms with Gasteiger partial charge < -0.3 is 70.0 Å². The van der Waals surface area contributed by atoms with Crippen LogP contribution >= 0.6 is 0 Å². The average molecular weight is 701 g/mol. The Labute approximate surface area is 280 Å². The van der Waals surface area contributed by atoms with E-state index in [0.29, 0.717) is 0 Å². The van der Waals surface area contributed by atoms with Crippen molar-refractivity contribution in [2.75, 3.05) is 26.4 Å². The summed E-state index contributed by atoms with van der Waals surface area (Å²) in [4.78, 5) is 46.9. The van der Waals surface area contributed by atoms with Crippen molar-refractivity contribution in [1.29, 1.82) is 0 Å². The molecule has 18 heteroatoms. The van der Waals surface area contributed by atoms with Crippen LogP contribution in [0.5, 0.6) is 57.5 Å². The van der Waals surface area contributed by atoms with Crippen LogP contribution in [0.25, 0.3) is 0 Å². The first kappa shape index (κ1) is 37.2. The van der Waals surface area contributed by atoms with E-state index >= 15 is 0 Å². The van der Waals surface area contributed by atoms with E-state index in [4.69, 9.17) is 18.9 Å². The van der Waals surface area contributed by atoms with Crippen LogP contribution in [0.2, 0.25) is 0 Å². The highest BCUT2D eigenvalue weighted by Gasteiger charge is 2.17. The minimum atomic E-state index is -0.952. The van der Waals surface area contributed by atoms with E-state index in [1.54, 1.807) is 0 Å². The maximum atomic E-state index is 11.7. The number of rotatable bonds is 10. The fourth-order valence-corrected chi connectivity index (χ4v) is 3.74. The van der Waals surface area contributed by atoms with Crippen LogP contribution in [0.1, 0.15) is 41.4 Å². The van der Waals surface area contributed by atoms with Crippen LogP contribution < -0.4 is 0 Å². The highest BCUT2D eigenvalue weighted by molar-refractivity contribution is 5.92. The molecule has 0 aliphatic rings. The fraction of sp³-hybridized carbons (Fsp3) is 0.125. The van der Waals surface area contributed by atoms with Gasteiger partial charge in [0.05, 0.1) is 22.3 Å². The predicted octanol–water partition coefficient (Wildman–Crippen LogP) is 2.46. The Kier molecular flexibility index (Phi) is 12.3. The first-order valence-electron chi connectivity index (χ1n) is 13.8. The Morgan fingerprint density at radius 1 is 0.340 bits per heavy atom. The number of esters is 4. The molecule has 0 bridgehead atoms. The topological polar surface area (TPSA) is 308 Å². The largest absolute Gasteiger partial charge is 0.508 e. The first-order valence-corrected chi connectivity index (χ1v) is 13.8. The number of phenolic OH excluding ortho intramolecular Hbond substituents is 10. The molecule has 0 heterocycles. The number of aromatic hydroxyl groups is 10. The second kappa shape index (κ2) is 16.5. The fourth-order valence-electron chi connectivity index (χ4n) is 3.74. The summed E-state index contributed by atoms with van der Waals surface area (Å²) in [6.45, 7) is -1.26. The van der Waals surface area contributed by atoms with E-state index < -0.39 is 58.4 Å². The van der Waals surface area contributed by atoms with E-state index in [2.05, 4.69) is 0 Å². The Bertz CT molecular complexity index is 1680. The van der Waals surface area contributed by atoms with Gasteiger partial charge in [-0.1, -0.05) is 0 Å². The molecule has 0 amide bonds. The maximum Gasteiger partial charge on any atom is 0.338 e. The summed E-state index contributed by atoms with van der Waals surface area (Å²) in [6.07, 6.45) is 0. The van der Waals surface area contributed by atoms with Gasteiger partial charge in [0.2, 0.25) is 0 Å². The number of carbonyl (C=O) groups excluding carboxylic acids is 4. The van der Waals surface area contributed by atoms with Gasteiger partial charge in [0, 0.05) is 12.1 Å². The van der Waals surface area contributed by atoms with Crippen LogP contribution in [0.4, 0.5) is 0 Å². The molecule has 0 aliphatic heterocycles. The smallest absolute Gasteiger partial charge is 0.338 e. The zero-order valence-electron chi connectivity index (χ0n) is 25.3. The molecular weight excluding hydrogens is 672 g/mol. The third-order valence-electron chi connectivity index (χ3n) is 5.99. The minimum Gasteiger partial charge on any atom is -0.508 e. The zero-order chi connectivity index (χ0) is 37.1. The molecule has 264 valence electrons. The standard InChI is InChI=1S/C16H14O10.C16H14O8/c17-9-3-7(4-10(18)13(9)21)15(23)25-1-2-26-16(24)8-5-11(19)14(22)12(20)6-8;17-11-3-9(4-12(18)7-11)15(21)23-1-2-24-16(22)10-5-13(19)8-14(20)6-10/h3-6,17-22H,1-2H2;3-8,17-20H,1-2H2. The molecule has 0 spiro atoms. The third-order valence-corrected chi connectivity index (χ3v) is 5.99. The van der Waals surface area contributed by atoms with E-state index in [-0.39, 0.29) is 71.7 Å². The minimum absolute atomic E-state index is 0.0586. The van der Waals surface area contributed by atoms with Crippen molar-refractivity contribution in [3.05, 3.63) is 82.9 Å². The molecule has 0 fully saturated rings. The average Bonchev–Trinajstić information content (AvgIpc) is 3.04. The molecule has 18 nitrogen and oxygen atoms in total. The lowest BCUT2D eigenvalue weighted by molar-refractivity contribution is 0.0265. The van der Waals surface area contributed by atoms with Crippen molar-refractivity contribution in [3.8, 4) is 57.5 Å². The van der Waals surface area contributed by atoms with Crippen LogP contribution in [0, 0.1) is 0 Å². The van der Waals surface area contributed by atoms with Crippen molar-refractivity contribution >= 4 is 23.9 Å². The highest BCUT2D eigenvalue weighted by atomic mass is 16.6. The molecule has 0 atom stereocenters. The Morgan fingerprint density at radius 2 is 0.540 bits per heavy atom. The number of ether oxygens (including phenoxy) is 4. The monoisotopic (exact) mass is 700 g/mol. The van der Waals surface area contributed by atoms with Gasteiger partial charge in [0.15, 0.2) is 34.5 Å². The van der Waals surface area contributed by atoms with E-state index in [1.165, 1.54) is 0 Å². The summed E-state index contributed by atoms with van der Waals surface area (Å²) < 4.78 is 19.2. The van der Waals surface area contributed by atoms with Gasteiger partial charge in [-0.25, -0.2) is 19.2 Å². The number of hydrogen-bond acceptors (Lipinski definition) is 18. The van der Waals surface area contributed by atoms with Crippen molar-refractivity contribution in [2.45, 2.75) is 0 Å². The second-order valence-electron chi connectivity index (χ2n) is 9.75. The normalized spacial score (nSPS) is 10.2. The van der Waals surface area contributed by atoms with Gasteiger partial charge in [-0.05, 0) is 48.5 Å². The highest BCUT2D eigenvalue weighted by Crippen LogP contribution is 2.36. The summed E-state index contributed by atoms with van der Waals surface area (Å²) >= 11 is 0. The molecule has 0 aliphatic carbocycles. The van der Waals surface area contributed by atoms with Crippen LogP contribution in [0.3, 0.4) is 0 Å². The molecule has 0 unspecified atom stereocenters. The summed E-state index contributed by atoms with van der Waals surface area (Å²) in [5.41, 5.74) is -0.594. The van der Waals surface area contributed by atoms with Gasteiger partial charge in [-0.15, -0.1) is 0 Å². The lowest BCUT2D eigenvalue weighted by Gasteiger charge is -2.09. The van der Waals surface area contributed by atoms with Gasteiger partial charge in [-0.3, -0.25) is 0 Å². The Hall–Kier alpha value is -7.24. The lowest BCUT2D eigenvalue weighted by atomic mass is 10.2. The lowest BCUT2D eigenvalue weighted by Crippen LogP contribution is -2.14. The summed E-state index contributed by atoms with van der Waals surface area (Å²) in [6, 6.07) is 10.1. The molecule has 10 N–H and O–H groups in total. The summed E-state index contributed by atoms with van der Waals surface area (Å²) in [7, 11) is 0. The molecule has 4 rings (SSSR count). The quantitative estimate of drug-likeness (QED) is 0.0491. The van der Waals surface area contributed by atoms with Gasteiger partial charge in [-0.2, -0.15) is 0 Å². The second-order valence-corrected chi connectivity index (χ2v) is 9.75. The number of benzene rings is 4.